The number of amides is 1. The Morgan fingerprint density at radius 3 is 2.31 bits per heavy atom. The third-order valence-corrected chi connectivity index (χ3v) is 15.1. The molecule has 0 aromatic rings. The van der Waals surface area contributed by atoms with Crippen LogP contribution < -0.4 is 0 Å². The van der Waals surface area contributed by atoms with Crippen LogP contribution in [0, 0.1) is 47.5 Å². The van der Waals surface area contributed by atoms with E-state index in [0.29, 0.717) is 63.7 Å². The molecule has 1 aliphatic carbocycles. The summed E-state index contributed by atoms with van der Waals surface area (Å²) >= 11 is 0. The van der Waals surface area contributed by atoms with Crippen LogP contribution in [0.15, 0.2) is 47.6 Å². The van der Waals surface area contributed by atoms with Crippen LogP contribution in [0.1, 0.15) is 132 Å². The molecule has 71 heavy (non-hydrogen) atoms. The molecule has 3 aliphatic heterocycles. The van der Waals surface area contributed by atoms with Gasteiger partial charge in [-0.15, -0.1) is 0 Å². The summed E-state index contributed by atoms with van der Waals surface area (Å²) in [5.74, 6) is -5.27. The van der Waals surface area contributed by atoms with E-state index in [1.807, 2.05) is 58.1 Å². The first-order valence-electron chi connectivity index (χ1n) is 25.9. The molecule has 0 spiro atoms. The van der Waals surface area contributed by atoms with Gasteiger partial charge in [-0.05, 0) is 107 Å². The normalized spacial score (nSPS) is 36.5. The zero-order valence-corrected chi connectivity index (χ0v) is 44.4. The number of cyclic esters (lactones) is 1. The van der Waals surface area contributed by atoms with Gasteiger partial charge in [-0.25, -0.2) is 4.79 Å². The molecule has 4 rings (SSSR count). The molecule has 2 saturated heterocycles. The van der Waals surface area contributed by atoms with Gasteiger partial charge in [-0.2, -0.15) is 0 Å². The van der Waals surface area contributed by atoms with Crippen LogP contribution in [0.5, 0.6) is 0 Å². The smallest absolute Gasteiger partial charge is 0.329 e. The highest BCUT2D eigenvalue weighted by Crippen LogP contribution is 2.38. The third-order valence-electron chi connectivity index (χ3n) is 15.1. The fraction of sp³-hybridized carbons (Fsp3) is 0.732. The van der Waals surface area contributed by atoms with Crippen LogP contribution in [0.2, 0.25) is 0 Å². The van der Waals surface area contributed by atoms with E-state index in [0.717, 1.165) is 18.4 Å². The quantitative estimate of drug-likeness (QED) is 0.0734. The van der Waals surface area contributed by atoms with E-state index in [-0.39, 0.29) is 67.3 Å². The number of hydrogen-bond donors (Lipinski definition) is 2. The van der Waals surface area contributed by atoms with E-state index in [2.05, 4.69) is 12.0 Å². The van der Waals surface area contributed by atoms with Crippen molar-refractivity contribution in [3.05, 3.63) is 47.6 Å². The lowest BCUT2D eigenvalue weighted by molar-refractivity contribution is -0.265. The van der Waals surface area contributed by atoms with Crippen molar-refractivity contribution >= 4 is 29.2 Å². The van der Waals surface area contributed by atoms with Crippen molar-refractivity contribution in [3.8, 4) is 12.0 Å². The molecule has 1 saturated carbocycles. The van der Waals surface area contributed by atoms with Gasteiger partial charge in [-0.1, -0.05) is 77.0 Å². The van der Waals surface area contributed by atoms with Gasteiger partial charge in [0, 0.05) is 65.4 Å². The predicted octanol–water partition coefficient (Wildman–Crippen LogP) is 7.20. The second kappa shape index (κ2) is 29.0. The molecule has 398 valence electrons. The largest absolute Gasteiger partial charge is 0.460 e. The van der Waals surface area contributed by atoms with Crippen molar-refractivity contribution in [2.75, 3.05) is 41.1 Å². The van der Waals surface area contributed by atoms with Crippen molar-refractivity contribution in [1.82, 2.24) is 4.90 Å². The standard InChI is InChI=1S/C56H85NO14/c1-12-26-68-47-33-43-23-21-41(8)56(64,71-43)53(61)54(62)57-25-17-16-20-44(57)55(63)70-48(38(5)31-42-22-24-46(49(32-42)66-10)69-28-27-65-9)34-45(58)37(4)30-40(7)51(60)52(67-11)50(59)39(6)29-35(2)18-14-13-15-19-36(47)3/h13-15,18-19,30,35,37-39,41-44,46-49,51-52,60,64H,16-17,20-25,27-29,31-34H2,1-11H3/b15-13?,18-14+,36-19?,40-30+/t35-,37-,38-,39-,41-,42?,43+,44+,46+,47+,48+,49-,51-,52+,56-/m1/s1. The first-order chi connectivity index (χ1) is 33.8. The van der Waals surface area contributed by atoms with Gasteiger partial charge in [0.2, 0.25) is 5.79 Å². The number of aliphatic hydroxyl groups excluding tert-OH is 1. The first kappa shape index (κ1) is 59.6. The molecular weight excluding hydrogens is 911 g/mol. The summed E-state index contributed by atoms with van der Waals surface area (Å²) in [5.41, 5.74) is 1.20. The minimum absolute atomic E-state index is 0.000433. The summed E-state index contributed by atoms with van der Waals surface area (Å²) in [6.45, 7) is 15.3. The molecule has 3 heterocycles. The number of esters is 1. The highest BCUT2D eigenvalue weighted by Gasteiger charge is 2.53. The van der Waals surface area contributed by atoms with Crippen LogP contribution in [0.4, 0.5) is 0 Å². The van der Waals surface area contributed by atoms with Gasteiger partial charge in [0.25, 0.3) is 11.7 Å². The molecule has 0 aromatic heterocycles. The summed E-state index contributed by atoms with van der Waals surface area (Å²) in [6, 6.07) is -1.15. The Labute approximate surface area is 423 Å². The lowest BCUT2D eigenvalue weighted by Crippen LogP contribution is -2.61. The number of aliphatic hydroxyl groups is 2. The number of ether oxygens (including phenoxy) is 7. The molecule has 15 atom stereocenters. The minimum Gasteiger partial charge on any atom is -0.460 e. The summed E-state index contributed by atoms with van der Waals surface area (Å²) in [7, 11) is 4.67. The molecule has 15 heteroatoms. The van der Waals surface area contributed by atoms with Crippen molar-refractivity contribution in [2.24, 2.45) is 35.5 Å². The van der Waals surface area contributed by atoms with Crippen LogP contribution in [-0.2, 0) is 57.1 Å². The second-order valence-corrected chi connectivity index (χ2v) is 20.7. The van der Waals surface area contributed by atoms with E-state index in [9.17, 15) is 34.2 Å². The van der Waals surface area contributed by atoms with Crippen LogP contribution >= 0.6 is 0 Å². The van der Waals surface area contributed by atoms with Crippen LogP contribution in [0.3, 0.4) is 0 Å². The summed E-state index contributed by atoms with van der Waals surface area (Å²) in [4.78, 5) is 72.5. The molecular formula is C56H85NO14. The maximum absolute atomic E-state index is 14.5. The van der Waals surface area contributed by atoms with Crippen molar-refractivity contribution in [3.63, 3.8) is 0 Å². The van der Waals surface area contributed by atoms with Crippen molar-refractivity contribution in [2.45, 2.75) is 187 Å². The average Bonchev–Trinajstić information content (AvgIpc) is 3.35. The topological polar surface area (TPSA) is 194 Å². The molecule has 2 N–H and O–H groups in total. The number of fused-ring (bicyclic) bond motifs is 3. The predicted molar refractivity (Wildman–Crippen MR) is 268 cm³/mol. The van der Waals surface area contributed by atoms with Crippen LogP contribution in [-0.4, -0.2) is 140 Å². The van der Waals surface area contributed by atoms with Gasteiger partial charge in [0.15, 0.2) is 5.78 Å². The molecule has 3 fully saturated rings. The Balaban J connectivity index is 1.71. The van der Waals surface area contributed by atoms with Gasteiger partial charge in [0.05, 0.1) is 31.5 Å². The molecule has 15 nitrogen and oxygen atoms in total. The fourth-order valence-electron chi connectivity index (χ4n) is 10.6. The highest BCUT2D eigenvalue weighted by atomic mass is 16.6. The van der Waals surface area contributed by atoms with Gasteiger partial charge in [0.1, 0.15) is 42.3 Å². The highest BCUT2D eigenvalue weighted by molar-refractivity contribution is 6.39. The van der Waals surface area contributed by atoms with Gasteiger partial charge < -0.3 is 48.3 Å². The Morgan fingerprint density at radius 1 is 0.873 bits per heavy atom. The molecule has 4 aliphatic rings. The maximum atomic E-state index is 14.5. The van der Waals surface area contributed by atoms with E-state index in [1.54, 1.807) is 48.0 Å². The van der Waals surface area contributed by atoms with E-state index in [4.69, 9.17) is 33.2 Å². The number of methoxy groups -OCH3 is 3. The van der Waals surface area contributed by atoms with Crippen molar-refractivity contribution in [1.29, 1.82) is 0 Å². The van der Waals surface area contributed by atoms with E-state index >= 15 is 0 Å². The number of piperidine rings is 1. The average molecular weight is 996 g/mol. The summed E-state index contributed by atoms with van der Waals surface area (Å²) < 4.78 is 41.2. The fourth-order valence-corrected chi connectivity index (χ4v) is 10.6. The molecule has 0 aromatic carbocycles. The van der Waals surface area contributed by atoms with E-state index < -0.39 is 77.8 Å². The number of nitrogens with zero attached hydrogens (tertiary/aromatic N) is 1. The van der Waals surface area contributed by atoms with Gasteiger partial charge >= 0.3 is 5.97 Å². The number of Topliss-reactive ketones (excluding diaryl/α,β-unsaturated/α-hetero) is 3. The zero-order chi connectivity index (χ0) is 52.4. The minimum atomic E-state index is -2.47. The van der Waals surface area contributed by atoms with Crippen molar-refractivity contribution < 1.29 is 67.3 Å². The Morgan fingerprint density at radius 2 is 1.62 bits per heavy atom. The lowest BCUT2D eigenvalue weighted by atomic mass is 9.78. The van der Waals surface area contributed by atoms with Gasteiger partial charge in [-0.3, -0.25) is 19.2 Å². The second-order valence-electron chi connectivity index (χ2n) is 20.7. The SMILES string of the molecule is CC#CO[C@H]1C[C@@H]2CC[C@@H](C)[C@@](O)(O2)C(=O)C(=O)N2CCCC[C@H]2C(=O)O[C@H]([C@H](C)CC2CC[C@H](OCCOC)[C@H](OC)C2)CC(=O)[C@H](C)/C=C(\C)[C@@H](O)[C@@H](OC)C(=O)[C@H](C)C[C@H](C)/C=C/C=CC=C1C. The molecule has 2 bridgehead atoms. The molecule has 1 amide bonds. The van der Waals surface area contributed by atoms with E-state index in [1.165, 1.54) is 12.0 Å². The number of rotatable bonds is 10. The number of carbonyl (C=O) groups is 5. The zero-order valence-electron chi connectivity index (χ0n) is 44.4. The first-order valence-corrected chi connectivity index (χ1v) is 25.9. The Bertz CT molecular complexity index is 1970. The molecule has 0 radical (unpaired) electrons. The van der Waals surface area contributed by atoms with Crippen LogP contribution in [0.25, 0.3) is 0 Å². The Hall–Kier alpha value is -4.01. The Kier molecular flexibility index (Phi) is 24.3. The lowest BCUT2D eigenvalue weighted by Gasteiger charge is -2.42. The molecule has 1 unspecified atom stereocenters. The summed E-state index contributed by atoms with van der Waals surface area (Å²) in [5, 5.41) is 23.6. The maximum Gasteiger partial charge on any atom is 0.329 e. The number of hydrogen-bond acceptors (Lipinski definition) is 14. The number of allylic oxidation sites excluding steroid dienone is 6. The number of ketones is 3. The third kappa shape index (κ3) is 16.8. The number of carbonyl (C=O) groups excluding carboxylic acids is 5. The monoisotopic (exact) mass is 996 g/mol. The summed E-state index contributed by atoms with van der Waals surface area (Å²) in [6.07, 6.45) is 14.5.